The van der Waals surface area contributed by atoms with E-state index < -0.39 is 17.9 Å². The molecule has 4 saturated carbocycles. The molecule has 3 amide bonds. The third kappa shape index (κ3) is 4.54. The molecule has 0 radical (unpaired) electrons. The van der Waals surface area contributed by atoms with Crippen LogP contribution in [0.5, 0.6) is 0 Å². The van der Waals surface area contributed by atoms with Crippen LogP contribution in [0.15, 0.2) is 30.3 Å². The van der Waals surface area contributed by atoms with Crippen molar-refractivity contribution in [3.63, 3.8) is 0 Å². The van der Waals surface area contributed by atoms with E-state index in [1.807, 2.05) is 0 Å². The Bertz CT molecular complexity index is 744. The zero-order valence-electron chi connectivity index (χ0n) is 16.5. The normalized spacial score (nSPS) is 30.4. The van der Waals surface area contributed by atoms with Crippen molar-refractivity contribution in [3.05, 3.63) is 35.9 Å². The number of carbonyl (C=O) groups excluding carboxylic acids is 2. The van der Waals surface area contributed by atoms with Gasteiger partial charge in [-0.3, -0.25) is 4.79 Å². The molecule has 7 heteroatoms. The van der Waals surface area contributed by atoms with Crippen LogP contribution < -0.4 is 16.0 Å². The molecule has 29 heavy (non-hydrogen) atoms. The summed E-state index contributed by atoms with van der Waals surface area (Å²) in [6.45, 7) is 0.172. The molecule has 4 fully saturated rings. The Hall–Kier alpha value is -2.57. The number of benzene rings is 1. The molecule has 0 spiro atoms. The van der Waals surface area contributed by atoms with Gasteiger partial charge in [-0.25, -0.2) is 9.59 Å². The fourth-order valence-corrected chi connectivity index (χ4v) is 6.00. The molecule has 1 aromatic carbocycles. The van der Waals surface area contributed by atoms with Crippen LogP contribution in [0.1, 0.15) is 56.6 Å². The van der Waals surface area contributed by atoms with Crippen molar-refractivity contribution in [1.82, 2.24) is 16.0 Å². The second-order valence-electron chi connectivity index (χ2n) is 9.08. The Kier molecular flexibility index (Phi) is 5.48. The van der Waals surface area contributed by atoms with Crippen molar-refractivity contribution < 1.29 is 19.5 Å². The van der Waals surface area contributed by atoms with Gasteiger partial charge in [0.15, 0.2) is 6.04 Å². The molecule has 1 unspecified atom stereocenters. The molecule has 7 nitrogen and oxygen atoms in total. The molecular weight excluding hydrogens is 370 g/mol. The summed E-state index contributed by atoms with van der Waals surface area (Å²) in [7, 11) is 0. The molecule has 0 saturated heterocycles. The Labute approximate surface area is 170 Å². The molecule has 4 aliphatic rings. The van der Waals surface area contributed by atoms with E-state index in [0.29, 0.717) is 5.56 Å². The maximum absolute atomic E-state index is 12.4. The fraction of sp³-hybridized carbons (Fsp3) is 0.591. The van der Waals surface area contributed by atoms with Crippen molar-refractivity contribution >= 4 is 17.9 Å². The van der Waals surface area contributed by atoms with Crippen LogP contribution in [0.25, 0.3) is 0 Å². The van der Waals surface area contributed by atoms with E-state index in [-0.39, 0.29) is 24.5 Å². The summed E-state index contributed by atoms with van der Waals surface area (Å²) in [4.78, 5) is 36.1. The van der Waals surface area contributed by atoms with Gasteiger partial charge in [-0.05, 0) is 61.8 Å². The monoisotopic (exact) mass is 399 g/mol. The highest BCUT2D eigenvalue weighted by atomic mass is 16.4. The van der Waals surface area contributed by atoms with Crippen molar-refractivity contribution in [2.45, 2.75) is 56.5 Å². The number of carboxylic acid groups (broad SMARTS) is 1. The van der Waals surface area contributed by atoms with Gasteiger partial charge in [0.1, 0.15) is 0 Å². The largest absolute Gasteiger partial charge is 0.479 e. The summed E-state index contributed by atoms with van der Waals surface area (Å²) in [6.07, 6.45) is 7.20. The van der Waals surface area contributed by atoms with E-state index in [4.69, 9.17) is 0 Å². The summed E-state index contributed by atoms with van der Waals surface area (Å²) < 4.78 is 0. The highest BCUT2D eigenvalue weighted by molar-refractivity contribution is 5.85. The maximum Gasteiger partial charge on any atom is 0.330 e. The third-order valence-electron chi connectivity index (χ3n) is 6.74. The lowest BCUT2D eigenvalue weighted by atomic mass is 9.53. The second kappa shape index (κ2) is 8.05. The summed E-state index contributed by atoms with van der Waals surface area (Å²) in [5.41, 5.74) is 0.448. The summed E-state index contributed by atoms with van der Waals surface area (Å²) >= 11 is 0. The third-order valence-corrected chi connectivity index (χ3v) is 6.74. The van der Waals surface area contributed by atoms with E-state index in [9.17, 15) is 19.5 Å². The molecule has 4 aliphatic carbocycles. The van der Waals surface area contributed by atoms with Crippen LogP contribution in [-0.2, 0) is 9.59 Å². The summed E-state index contributed by atoms with van der Waals surface area (Å²) in [5, 5.41) is 17.9. The van der Waals surface area contributed by atoms with E-state index >= 15 is 0 Å². The lowest BCUT2D eigenvalue weighted by Gasteiger charge is -2.56. The van der Waals surface area contributed by atoms with Crippen molar-refractivity contribution in [1.29, 1.82) is 0 Å². The number of urea groups is 1. The molecule has 0 aliphatic heterocycles. The topological polar surface area (TPSA) is 108 Å². The number of carbonyl (C=O) groups is 3. The van der Waals surface area contributed by atoms with Crippen LogP contribution >= 0.6 is 0 Å². The molecule has 1 aromatic rings. The first-order chi connectivity index (χ1) is 13.9. The van der Waals surface area contributed by atoms with Gasteiger partial charge in [0.05, 0.1) is 0 Å². The first-order valence-corrected chi connectivity index (χ1v) is 10.6. The minimum Gasteiger partial charge on any atom is -0.479 e. The number of hydrogen-bond acceptors (Lipinski definition) is 3. The van der Waals surface area contributed by atoms with Gasteiger partial charge < -0.3 is 21.1 Å². The van der Waals surface area contributed by atoms with E-state index in [1.165, 1.54) is 19.3 Å². The smallest absolute Gasteiger partial charge is 0.330 e. The molecule has 0 heterocycles. The van der Waals surface area contributed by atoms with Crippen LogP contribution in [0.3, 0.4) is 0 Å². The average Bonchev–Trinajstić information content (AvgIpc) is 2.65. The van der Waals surface area contributed by atoms with Crippen LogP contribution in [0.2, 0.25) is 0 Å². The van der Waals surface area contributed by atoms with Gasteiger partial charge in [0.2, 0.25) is 5.91 Å². The average molecular weight is 399 g/mol. The van der Waals surface area contributed by atoms with Gasteiger partial charge in [-0.15, -0.1) is 0 Å². The predicted octanol–water partition coefficient (Wildman–Crippen LogP) is 2.59. The maximum atomic E-state index is 12.4. The second-order valence-corrected chi connectivity index (χ2v) is 9.08. The Balaban J connectivity index is 1.23. The Morgan fingerprint density at radius 2 is 1.59 bits per heavy atom. The number of rotatable bonds is 7. The van der Waals surface area contributed by atoms with E-state index in [1.54, 1.807) is 30.3 Å². The molecule has 0 aromatic heterocycles. The Morgan fingerprint density at radius 1 is 1.00 bits per heavy atom. The molecular formula is C22H29N3O4. The highest BCUT2D eigenvalue weighted by Crippen LogP contribution is 2.55. The molecule has 5 rings (SSSR count). The number of hydrogen-bond donors (Lipinski definition) is 4. The van der Waals surface area contributed by atoms with E-state index in [2.05, 4.69) is 16.0 Å². The quantitative estimate of drug-likeness (QED) is 0.565. The number of amides is 3. The lowest BCUT2D eigenvalue weighted by molar-refractivity contribution is -0.142. The van der Waals surface area contributed by atoms with Crippen LogP contribution in [-0.4, -0.2) is 35.1 Å². The summed E-state index contributed by atoms with van der Waals surface area (Å²) in [5.74, 6) is 0.725. The molecule has 4 bridgehead atoms. The van der Waals surface area contributed by atoms with Gasteiger partial charge >= 0.3 is 12.0 Å². The first-order valence-electron chi connectivity index (χ1n) is 10.6. The Morgan fingerprint density at radius 3 is 2.14 bits per heavy atom. The molecule has 1 atom stereocenters. The lowest BCUT2D eigenvalue weighted by Crippen LogP contribution is -2.61. The highest BCUT2D eigenvalue weighted by Gasteiger charge is 2.51. The van der Waals surface area contributed by atoms with Crippen LogP contribution in [0.4, 0.5) is 4.79 Å². The summed E-state index contributed by atoms with van der Waals surface area (Å²) in [6, 6.07) is 7.26. The standard InChI is InChI=1S/C22H29N3O4/c26-18(24-19(20(27)28)17-4-2-1-3-5-17)6-7-23-21(29)25-22-11-14-8-15(12-22)10-16(9-14)13-22/h1-5,14-16,19H,6-13H2,(H,24,26)(H,27,28)(H2,23,25,29). The molecule has 4 N–H and O–H groups in total. The van der Waals surface area contributed by atoms with Crippen molar-refractivity contribution in [2.75, 3.05) is 6.54 Å². The SMILES string of the molecule is O=C(CCNC(=O)NC12CC3CC(CC(C3)C1)C2)NC(C(=O)O)c1ccccc1. The van der Waals surface area contributed by atoms with Gasteiger partial charge in [-0.1, -0.05) is 30.3 Å². The number of aliphatic carboxylic acids is 1. The zero-order chi connectivity index (χ0) is 20.4. The zero-order valence-corrected chi connectivity index (χ0v) is 16.5. The van der Waals surface area contributed by atoms with Gasteiger partial charge in [0, 0.05) is 18.5 Å². The van der Waals surface area contributed by atoms with Crippen molar-refractivity contribution in [3.8, 4) is 0 Å². The van der Waals surface area contributed by atoms with Crippen LogP contribution in [0, 0.1) is 17.8 Å². The van der Waals surface area contributed by atoms with Crippen molar-refractivity contribution in [2.24, 2.45) is 17.8 Å². The van der Waals surface area contributed by atoms with E-state index in [0.717, 1.165) is 37.0 Å². The van der Waals surface area contributed by atoms with Gasteiger partial charge in [-0.2, -0.15) is 0 Å². The predicted molar refractivity (Wildman–Crippen MR) is 107 cm³/mol. The minimum absolute atomic E-state index is 0.0326. The number of nitrogens with one attached hydrogen (secondary N) is 3. The van der Waals surface area contributed by atoms with Gasteiger partial charge in [0.25, 0.3) is 0 Å². The number of carboxylic acids is 1. The minimum atomic E-state index is -1.11. The fourth-order valence-electron chi connectivity index (χ4n) is 6.00. The molecule has 156 valence electrons. The first kappa shape index (κ1) is 19.7.